The van der Waals surface area contributed by atoms with Gasteiger partial charge in [-0.3, -0.25) is 13.6 Å². The van der Waals surface area contributed by atoms with Crippen molar-refractivity contribution >= 4 is 48.6 Å². The maximum atomic E-state index is 13.5. The van der Waals surface area contributed by atoms with E-state index in [1.165, 1.54) is 11.3 Å². The van der Waals surface area contributed by atoms with Crippen molar-refractivity contribution in [2.75, 3.05) is 4.72 Å². The number of aryl methyl sites for hydroxylation is 2. The maximum Gasteiger partial charge on any atom is 0.261 e. The molecule has 6 nitrogen and oxygen atoms in total. The number of nitrogens with zero attached hydrogens (tertiary/aromatic N) is 2. The SMILES string of the molecule is CCCCc1nc2ccc(C)cc2c(=O)n1Cc1ccc(-c2c(NS(=O)[O-])sc3ccccc23)cc1. The normalized spacial score (nSPS) is 12.3. The molecular formula is C28H26N3O3S2-. The molecule has 2 heterocycles. The van der Waals surface area contributed by atoms with Crippen LogP contribution in [0.25, 0.3) is 32.1 Å². The molecule has 1 unspecified atom stereocenters. The molecule has 8 heteroatoms. The molecule has 0 aliphatic carbocycles. The highest BCUT2D eigenvalue weighted by atomic mass is 32.2. The minimum atomic E-state index is -2.41. The molecule has 184 valence electrons. The third kappa shape index (κ3) is 4.84. The lowest BCUT2D eigenvalue weighted by Gasteiger charge is -2.15. The Balaban J connectivity index is 1.54. The molecule has 1 N–H and O–H groups in total. The molecule has 36 heavy (non-hydrogen) atoms. The van der Waals surface area contributed by atoms with E-state index in [0.29, 0.717) is 16.9 Å². The summed E-state index contributed by atoms with van der Waals surface area (Å²) in [4.78, 5) is 18.3. The van der Waals surface area contributed by atoms with Gasteiger partial charge in [0.2, 0.25) is 0 Å². The highest BCUT2D eigenvalue weighted by Crippen LogP contribution is 2.42. The predicted molar refractivity (Wildman–Crippen MR) is 148 cm³/mol. The van der Waals surface area contributed by atoms with Crippen molar-refractivity contribution < 1.29 is 8.76 Å². The Morgan fingerprint density at radius 1 is 1.06 bits per heavy atom. The van der Waals surface area contributed by atoms with E-state index in [1.54, 1.807) is 4.57 Å². The summed E-state index contributed by atoms with van der Waals surface area (Å²) in [5, 5.41) is 2.22. The van der Waals surface area contributed by atoms with E-state index >= 15 is 0 Å². The van der Waals surface area contributed by atoms with E-state index in [0.717, 1.165) is 62.9 Å². The fourth-order valence-corrected chi connectivity index (χ4v) is 6.11. The van der Waals surface area contributed by atoms with Gasteiger partial charge in [0, 0.05) is 33.3 Å². The fourth-order valence-electron chi connectivity index (χ4n) is 4.51. The van der Waals surface area contributed by atoms with Gasteiger partial charge in [0.15, 0.2) is 0 Å². The minimum absolute atomic E-state index is 0.0212. The Labute approximate surface area is 216 Å². The van der Waals surface area contributed by atoms with Crippen molar-refractivity contribution in [3.05, 3.63) is 94.0 Å². The van der Waals surface area contributed by atoms with Crippen LogP contribution in [0.3, 0.4) is 0 Å². The lowest BCUT2D eigenvalue weighted by Crippen LogP contribution is -2.26. The Kier molecular flexibility index (Phi) is 7.00. The topological polar surface area (TPSA) is 87.0 Å². The largest absolute Gasteiger partial charge is 0.755 e. The Bertz CT molecular complexity index is 1640. The zero-order chi connectivity index (χ0) is 25.2. The molecule has 0 bridgehead atoms. The number of benzene rings is 3. The van der Waals surface area contributed by atoms with Crippen LogP contribution in [0.2, 0.25) is 0 Å². The van der Waals surface area contributed by atoms with E-state index in [2.05, 4.69) is 11.6 Å². The van der Waals surface area contributed by atoms with E-state index in [-0.39, 0.29) is 5.56 Å². The van der Waals surface area contributed by atoms with Crippen molar-refractivity contribution in [1.82, 2.24) is 9.55 Å². The summed E-state index contributed by atoms with van der Waals surface area (Å²) in [6.45, 7) is 4.53. The van der Waals surface area contributed by atoms with Crippen molar-refractivity contribution in [3.8, 4) is 11.1 Å². The molecule has 5 rings (SSSR count). The third-order valence-corrected chi connectivity index (χ3v) is 7.88. The van der Waals surface area contributed by atoms with Crippen molar-refractivity contribution in [1.29, 1.82) is 0 Å². The molecular weight excluding hydrogens is 490 g/mol. The number of fused-ring (bicyclic) bond motifs is 2. The van der Waals surface area contributed by atoms with Crippen LogP contribution < -0.4 is 10.3 Å². The number of hydrogen-bond acceptors (Lipinski definition) is 5. The first-order chi connectivity index (χ1) is 17.4. The second-order valence-electron chi connectivity index (χ2n) is 8.88. The third-order valence-electron chi connectivity index (χ3n) is 6.30. The molecule has 2 aromatic heterocycles. The molecule has 1 atom stereocenters. The Hall–Kier alpha value is -3.33. The molecule has 3 aromatic carbocycles. The van der Waals surface area contributed by atoms with Gasteiger partial charge in [0.05, 0.1) is 17.4 Å². The number of aromatic nitrogens is 2. The van der Waals surface area contributed by atoms with Crippen LogP contribution in [-0.4, -0.2) is 18.3 Å². The van der Waals surface area contributed by atoms with Crippen molar-refractivity contribution in [2.45, 2.75) is 39.7 Å². The van der Waals surface area contributed by atoms with Crippen LogP contribution in [0.15, 0.2) is 71.5 Å². The number of unbranched alkanes of at least 4 members (excludes halogenated alkanes) is 1. The summed E-state index contributed by atoms with van der Waals surface area (Å²) in [5.41, 5.74) is 4.50. The van der Waals surface area contributed by atoms with Gasteiger partial charge in [-0.1, -0.05) is 67.4 Å². The Morgan fingerprint density at radius 2 is 1.83 bits per heavy atom. The summed E-state index contributed by atoms with van der Waals surface area (Å²) < 4.78 is 28.1. The molecule has 0 radical (unpaired) electrons. The molecule has 0 aliphatic heterocycles. The summed E-state index contributed by atoms with van der Waals surface area (Å²) in [7, 11) is 0. The molecule has 0 fully saturated rings. The summed E-state index contributed by atoms with van der Waals surface area (Å²) in [6.07, 6.45) is 2.73. The van der Waals surface area contributed by atoms with E-state index in [9.17, 15) is 13.6 Å². The minimum Gasteiger partial charge on any atom is -0.755 e. The summed E-state index contributed by atoms with van der Waals surface area (Å²) in [6, 6.07) is 21.6. The van der Waals surface area contributed by atoms with Crippen LogP contribution in [0.5, 0.6) is 0 Å². The average molecular weight is 517 g/mol. The Morgan fingerprint density at radius 3 is 2.58 bits per heavy atom. The average Bonchev–Trinajstić information content (AvgIpc) is 3.22. The lowest BCUT2D eigenvalue weighted by atomic mass is 10.0. The van der Waals surface area contributed by atoms with Gasteiger partial charge < -0.3 is 9.27 Å². The monoisotopic (exact) mass is 516 g/mol. The number of thiophene rings is 1. The highest BCUT2D eigenvalue weighted by molar-refractivity contribution is 7.80. The second-order valence-corrected chi connectivity index (χ2v) is 10.6. The highest BCUT2D eigenvalue weighted by Gasteiger charge is 2.15. The van der Waals surface area contributed by atoms with Gasteiger partial charge in [-0.25, -0.2) is 4.98 Å². The number of nitrogens with one attached hydrogen (secondary N) is 1. The van der Waals surface area contributed by atoms with Crippen LogP contribution in [0.4, 0.5) is 5.00 Å². The molecule has 0 saturated carbocycles. The van der Waals surface area contributed by atoms with Gasteiger partial charge in [0.1, 0.15) is 10.8 Å². The predicted octanol–water partition coefficient (Wildman–Crippen LogP) is 6.18. The van der Waals surface area contributed by atoms with Crippen LogP contribution >= 0.6 is 11.3 Å². The van der Waals surface area contributed by atoms with Crippen LogP contribution in [0, 0.1) is 6.92 Å². The number of rotatable bonds is 8. The van der Waals surface area contributed by atoms with Gasteiger partial charge in [-0.05, 0) is 42.7 Å². The van der Waals surface area contributed by atoms with Crippen molar-refractivity contribution in [2.24, 2.45) is 0 Å². The molecule has 5 aromatic rings. The van der Waals surface area contributed by atoms with E-state index in [4.69, 9.17) is 4.98 Å². The maximum absolute atomic E-state index is 13.5. The molecule has 0 spiro atoms. The van der Waals surface area contributed by atoms with Crippen LogP contribution in [0.1, 0.15) is 36.7 Å². The van der Waals surface area contributed by atoms with Crippen LogP contribution in [-0.2, 0) is 24.2 Å². The number of hydrogen-bond donors (Lipinski definition) is 1. The smallest absolute Gasteiger partial charge is 0.261 e. The van der Waals surface area contributed by atoms with E-state index < -0.39 is 11.3 Å². The molecule has 0 aliphatic rings. The van der Waals surface area contributed by atoms with Gasteiger partial charge in [-0.2, -0.15) is 0 Å². The first-order valence-electron chi connectivity index (χ1n) is 11.9. The standard InChI is InChI=1S/C28H27N3O3S2/c1-3-4-9-25-29-23-15-10-18(2)16-22(23)28(32)31(25)17-19-11-13-20(14-12-19)26-21-7-5-6-8-24(21)35-27(26)30-36(33)34/h5-8,10-16,30H,3-4,9,17H2,1-2H3,(H,33,34)/p-1. The summed E-state index contributed by atoms with van der Waals surface area (Å²) >= 11 is -1.00. The first-order valence-corrected chi connectivity index (χ1v) is 13.8. The van der Waals surface area contributed by atoms with Gasteiger partial charge in [-0.15, -0.1) is 11.3 Å². The molecule has 0 saturated heterocycles. The summed E-state index contributed by atoms with van der Waals surface area (Å²) in [5.74, 6) is 0.801. The zero-order valence-corrected chi connectivity index (χ0v) is 21.7. The lowest BCUT2D eigenvalue weighted by molar-refractivity contribution is 0.543. The van der Waals surface area contributed by atoms with Gasteiger partial charge in [0.25, 0.3) is 5.56 Å². The fraction of sp³-hybridized carbons (Fsp3) is 0.214. The zero-order valence-electron chi connectivity index (χ0n) is 20.1. The molecule has 0 amide bonds. The van der Waals surface area contributed by atoms with E-state index in [1.807, 2.05) is 73.7 Å². The number of anilines is 1. The first kappa shape index (κ1) is 24.4. The van der Waals surface area contributed by atoms with Gasteiger partial charge >= 0.3 is 0 Å². The van der Waals surface area contributed by atoms with Crippen molar-refractivity contribution in [3.63, 3.8) is 0 Å². The second kappa shape index (κ2) is 10.3. The quantitative estimate of drug-likeness (QED) is 0.249.